The Bertz CT molecular complexity index is 751. The van der Waals surface area contributed by atoms with Crippen LogP contribution < -0.4 is 15.0 Å². The van der Waals surface area contributed by atoms with E-state index in [1.165, 1.54) is 18.2 Å². The number of amides is 1. The molecule has 0 aromatic heterocycles. The summed E-state index contributed by atoms with van der Waals surface area (Å²) in [6.07, 6.45) is 0. The van der Waals surface area contributed by atoms with E-state index in [0.717, 1.165) is 18.8 Å². The molecule has 3 rings (SSSR count). The van der Waals surface area contributed by atoms with Gasteiger partial charge in [-0.25, -0.2) is 4.39 Å². The second-order valence-corrected chi connectivity index (χ2v) is 5.99. The predicted octanol–water partition coefficient (Wildman–Crippen LogP) is 3.33. The highest BCUT2D eigenvalue weighted by Crippen LogP contribution is 2.29. The molecule has 1 aliphatic heterocycles. The van der Waals surface area contributed by atoms with E-state index in [0.29, 0.717) is 29.7 Å². The highest BCUT2D eigenvalue weighted by Gasteiger charge is 2.16. The molecule has 1 amide bonds. The molecule has 0 atom stereocenters. The quantitative estimate of drug-likeness (QED) is 0.884. The van der Waals surface area contributed by atoms with Gasteiger partial charge in [0, 0.05) is 24.2 Å². The van der Waals surface area contributed by atoms with Crippen LogP contribution in [0.5, 0.6) is 5.75 Å². The second kappa shape index (κ2) is 8.18. The minimum Gasteiger partial charge on any atom is -0.484 e. The minimum absolute atomic E-state index is 0.224. The van der Waals surface area contributed by atoms with Gasteiger partial charge in [0.25, 0.3) is 5.91 Å². The lowest BCUT2D eigenvalue weighted by Gasteiger charge is -2.30. The summed E-state index contributed by atoms with van der Waals surface area (Å²) >= 11 is 6.06. The van der Waals surface area contributed by atoms with E-state index in [1.807, 2.05) is 6.07 Å². The van der Waals surface area contributed by atoms with Gasteiger partial charge in [0.15, 0.2) is 6.61 Å². The molecule has 0 bridgehead atoms. The summed E-state index contributed by atoms with van der Waals surface area (Å²) in [6, 6.07) is 11.0. The standard InChI is InChI=1S/C18H18ClFN2O3/c19-13-4-5-17(22-6-8-24-9-7-22)16(10-13)21-18(23)12-25-15-3-1-2-14(20)11-15/h1-5,10-11H,6-9,12H2,(H,21,23). The Kier molecular flexibility index (Phi) is 5.73. The molecular weight excluding hydrogens is 347 g/mol. The van der Waals surface area contributed by atoms with Crippen molar-refractivity contribution in [3.05, 3.63) is 53.3 Å². The van der Waals surface area contributed by atoms with Gasteiger partial charge < -0.3 is 19.7 Å². The van der Waals surface area contributed by atoms with Crippen LogP contribution in [-0.2, 0) is 9.53 Å². The van der Waals surface area contributed by atoms with E-state index < -0.39 is 5.82 Å². The zero-order chi connectivity index (χ0) is 17.6. The lowest BCUT2D eigenvalue weighted by molar-refractivity contribution is -0.118. The summed E-state index contributed by atoms with van der Waals surface area (Å²) < 4.78 is 23.8. The Hall–Kier alpha value is -2.31. The molecule has 0 radical (unpaired) electrons. The smallest absolute Gasteiger partial charge is 0.262 e. The average molecular weight is 365 g/mol. The van der Waals surface area contributed by atoms with E-state index in [1.54, 1.807) is 18.2 Å². The first-order valence-electron chi connectivity index (χ1n) is 7.92. The molecule has 132 valence electrons. The summed E-state index contributed by atoms with van der Waals surface area (Å²) in [5, 5.41) is 3.34. The summed E-state index contributed by atoms with van der Waals surface area (Å²) in [5.74, 6) is -0.460. The molecular formula is C18H18ClFN2O3. The van der Waals surface area contributed by atoms with E-state index in [9.17, 15) is 9.18 Å². The van der Waals surface area contributed by atoms with Crippen LogP contribution in [0.2, 0.25) is 5.02 Å². The number of hydrogen-bond acceptors (Lipinski definition) is 4. The molecule has 1 heterocycles. The zero-order valence-electron chi connectivity index (χ0n) is 13.5. The van der Waals surface area contributed by atoms with Crippen molar-refractivity contribution >= 4 is 28.9 Å². The van der Waals surface area contributed by atoms with Crippen molar-refractivity contribution in [2.24, 2.45) is 0 Å². The lowest BCUT2D eigenvalue weighted by atomic mass is 10.2. The number of rotatable bonds is 5. The average Bonchev–Trinajstić information content (AvgIpc) is 2.61. The van der Waals surface area contributed by atoms with Gasteiger partial charge in [-0.2, -0.15) is 0 Å². The van der Waals surface area contributed by atoms with Crippen LogP contribution in [0.1, 0.15) is 0 Å². The number of anilines is 2. The van der Waals surface area contributed by atoms with Crippen molar-refractivity contribution in [1.82, 2.24) is 0 Å². The highest BCUT2D eigenvalue weighted by atomic mass is 35.5. The van der Waals surface area contributed by atoms with Gasteiger partial charge in [-0.15, -0.1) is 0 Å². The van der Waals surface area contributed by atoms with Gasteiger partial charge in [0.2, 0.25) is 0 Å². The Morgan fingerprint density at radius 3 is 2.80 bits per heavy atom. The third-order valence-corrected chi connectivity index (χ3v) is 3.99. The van der Waals surface area contributed by atoms with Gasteiger partial charge >= 0.3 is 0 Å². The van der Waals surface area contributed by atoms with Crippen LogP contribution in [0.25, 0.3) is 0 Å². The Labute approximate surface area is 150 Å². The molecule has 0 aliphatic carbocycles. The summed E-state index contributed by atoms with van der Waals surface area (Å²) in [4.78, 5) is 14.3. The Morgan fingerprint density at radius 1 is 1.24 bits per heavy atom. The molecule has 2 aromatic rings. The number of morpholine rings is 1. The van der Waals surface area contributed by atoms with E-state index in [-0.39, 0.29) is 12.5 Å². The van der Waals surface area contributed by atoms with Crippen LogP contribution >= 0.6 is 11.6 Å². The molecule has 0 unspecified atom stereocenters. The van der Waals surface area contributed by atoms with E-state index in [2.05, 4.69) is 10.2 Å². The molecule has 0 spiro atoms. The first kappa shape index (κ1) is 17.5. The van der Waals surface area contributed by atoms with Crippen molar-refractivity contribution in [3.63, 3.8) is 0 Å². The number of nitrogens with zero attached hydrogens (tertiary/aromatic N) is 1. The van der Waals surface area contributed by atoms with Crippen molar-refractivity contribution in [2.45, 2.75) is 0 Å². The van der Waals surface area contributed by atoms with Crippen LogP contribution in [0.4, 0.5) is 15.8 Å². The first-order chi connectivity index (χ1) is 12.1. The highest BCUT2D eigenvalue weighted by molar-refractivity contribution is 6.31. The molecule has 1 fully saturated rings. The number of carbonyl (C=O) groups excluding carboxylic acids is 1. The SMILES string of the molecule is O=C(COc1cccc(F)c1)Nc1cc(Cl)ccc1N1CCOCC1. The van der Waals surface area contributed by atoms with Crippen LogP contribution in [-0.4, -0.2) is 38.8 Å². The van der Waals surface area contributed by atoms with Gasteiger partial charge in [0.05, 0.1) is 24.6 Å². The number of nitrogens with one attached hydrogen (secondary N) is 1. The molecule has 5 nitrogen and oxygen atoms in total. The fraction of sp³-hybridized carbons (Fsp3) is 0.278. The normalized spacial score (nSPS) is 14.2. The van der Waals surface area contributed by atoms with Gasteiger partial charge in [0.1, 0.15) is 11.6 Å². The molecule has 1 N–H and O–H groups in total. The maximum Gasteiger partial charge on any atom is 0.262 e. The predicted molar refractivity (Wildman–Crippen MR) is 95.0 cm³/mol. The van der Waals surface area contributed by atoms with Crippen molar-refractivity contribution in [1.29, 1.82) is 0 Å². The fourth-order valence-corrected chi connectivity index (χ4v) is 2.75. The lowest BCUT2D eigenvalue weighted by Crippen LogP contribution is -2.37. The van der Waals surface area contributed by atoms with Crippen molar-refractivity contribution in [3.8, 4) is 5.75 Å². The number of halogens is 2. The van der Waals surface area contributed by atoms with Gasteiger partial charge in [-0.3, -0.25) is 4.79 Å². The fourth-order valence-electron chi connectivity index (χ4n) is 2.58. The maximum atomic E-state index is 13.1. The third kappa shape index (κ3) is 4.84. The second-order valence-electron chi connectivity index (χ2n) is 5.56. The van der Waals surface area contributed by atoms with E-state index in [4.69, 9.17) is 21.1 Å². The molecule has 1 aliphatic rings. The molecule has 2 aromatic carbocycles. The van der Waals surface area contributed by atoms with Crippen LogP contribution in [0.3, 0.4) is 0 Å². The Balaban J connectivity index is 1.66. The third-order valence-electron chi connectivity index (χ3n) is 3.75. The number of carbonyl (C=O) groups is 1. The summed E-state index contributed by atoms with van der Waals surface area (Å²) in [7, 11) is 0. The molecule has 0 saturated carbocycles. The molecule has 7 heteroatoms. The maximum absolute atomic E-state index is 13.1. The van der Waals surface area contributed by atoms with Gasteiger partial charge in [-0.05, 0) is 30.3 Å². The largest absolute Gasteiger partial charge is 0.484 e. The summed E-state index contributed by atoms with van der Waals surface area (Å²) in [5.41, 5.74) is 1.49. The first-order valence-corrected chi connectivity index (χ1v) is 8.30. The molecule has 25 heavy (non-hydrogen) atoms. The topological polar surface area (TPSA) is 50.8 Å². The zero-order valence-corrected chi connectivity index (χ0v) is 14.3. The van der Waals surface area contributed by atoms with Gasteiger partial charge in [-0.1, -0.05) is 17.7 Å². The number of ether oxygens (including phenoxy) is 2. The van der Waals surface area contributed by atoms with Crippen molar-refractivity contribution in [2.75, 3.05) is 43.1 Å². The van der Waals surface area contributed by atoms with Crippen LogP contribution in [0, 0.1) is 5.82 Å². The summed E-state index contributed by atoms with van der Waals surface area (Å²) in [6.45, 7) is 2.53. The molecule has 1 saturated heterocycles. The number of hydrogen-bond donors (Lipinski definition) is 1. The van der Waals surface area contributed by atoms with Crippen LogP contribution in [0.15, 0.2) is 42.5 Å². The van der Waals surface area contributed by atoms with E-state index >= 15 is 0 Å². The Morgan fingerprint density at radius 2 is 2.04 bits per heavy atom. The monoisotopic (exact) mass is 364 g/mol. The number of benzene rings is 2. The van der Waals surface area contributed by atoms with Crippen molar-refractivity contribution < 1.29 is 18.7 Å². The minimum atomic E-state index is -0.414.